The number of ether oxygens (including phenoxy) is 2. The largest absolute Gasteiger partial charge is 0.479 e. The van der Waals surface area contributed by atoms with Crippen LogP contribution in [0.15, 0.2) is 54.6 Å². The minimum atomic E-state index is -1.16. The fourth-order valence-corrected chi connectivity index (χ4v) is 1.97. The maximum Gasteiger partial charge on any atom is 0.347 e. The predicted octanol–water partition coefficient (Wildman–Crippen LogP) is 1.99. The Labute approximate surface area is 155 Å². The molecule has 8 heteroatoms. The number of amides is 2. The first-order valence-electron chi connectivity index (χ1n) is 8.15. The average molecular weight is 374 g/mol. The van der Waals surface area contributed by atoms with E-state index in [1.54, 1.807) is 30.3 Å². The van der Waals surface area contributed by atoms with Crippen LogP contribution in [0.5, 0.6) is 5.75 Å². The van der Waals surface area contributed by atoms with Crippen LogP contribution in [0.4, 0.5) is 4.39 Å². The molecule has 142 valence electrons. The average Bonchev–Trinajstić information content (AvgIpc) is 2.68. The lowest BCUT2D eigenvalue weighted by Crippen LogP contribution is -2.47. The van der Waals surface area contributed by atoms with Gasteiger partial charge in [-0.1, -0.05) is 18.2 Å². The number of rotatable bonds is 6. The summed E-state index contributed by atoms with van der Waals surface area (Å²) in [5, 5.41) is 0. The quantitative estimate of drug-likeness (QED) is 0.596. The zero-order chi connectivity index (χ0) is 19.8. The van der Waals surface area contributed by atoms with Gasteiger partial charge in [0.25, 0.3) is 11.8 Å². The molecule has 2 aromatic carbocycles. The fourth-order valence-electron chi connectivity index (χ4n) is 1.97. The van der Waals surface area contributed by atoms with Gasteiger partial charge in [-0.3, -0.25) is 20.4 Å². The molecule has 2 N–H and O–H groups in total. The third-order valence-electron chi connectivity index (χ3n) is 3.46. The number of esters is 1. The van der Waals surface area contributed by atoms with Crippen LogP contribution in [0.1, 0.15) is 24.2 Å². The zero-order valence-electron chi connectivity index (χ0n) is 14.8. The van der Waals surface area contributed by atoms with Gasteiger partial charge in [-0.05, 0) is 50.2 Å². The summed E-state index contributed by atoms with van der Waals surface area (Å²) in [6.45, 7) is 2.79. The lowest BCUT2D eigenvalue weighted by molar-refractivity contribution is -0.161. The molecule has 0 aromatic heterocycles. The fraction of sp³-hybridized carbons (Fsp3) is 0.211. The van der Waals surface area contributed by atoms with E-state index in [0.717, 1.165) is 0 Å². The molecule has 0 heterocycles. The van der Waals surface area contributed by atoms with Gasteiger partial charge in [0.15, 0.2) is 12.2 Å². The highest BCUT2D eigenvalue weighted by Gasteiger charge is 2.23. The Bertz CT molecular complexity index is 796. The summed E-state index contributed by atoms with van der Waals surface area (Å²) in [6, 6.07) is 13.4. The second-order valence-electron chi connectivity index (χ2n) is 5.60. The van der Waals surface area contributed by atoms with Crippen LogP contribution >= 0.6 is 0 Å². The molecule has 0 saturated carbocycles. The van der Waals surface area contributed by atoms with E-state index in [0.29, 0.717) is 5.56 Å². The highest BCUT2D eigenvalue weighted by molar-refractivity contribution is 5.95. The highest BCUT2D eigenvalue weighted by atomic mass is 19.1. The number of carbonyl (C=O) groups is 3. The Morgan fingerprint density at radius 2 is 1.52 bits per heavy atom. The predicted molar refractivity (Wildman–Crippen MR) is 94.1 cm³/mol. The Balaban J connectivity index is 1.79. The second-order valence-corrected chi connectivity index (χ2v) is 5.60. The minimum Gasteiger partial charge on any atom is -0.479 e. The van der Waals surface area contributed by atoms with E-state index in [9.17, 15) is 18.8 Å². The van der Waals surface area contributed by atoms with Crippen molar-refractivity contribution < 1.29 is 28.2 Å². The molecule has 2 aromatic rings. The number of hydrazine groups is 1. The zero-order valence-corrected chi connectivity index (χ0v) is 14.8. The van der Waals surface area contributed by atoms with Crippen LogP contribution in [-0.2, 0) is 14.3 Å². The lowest BCUT2D eigenvalue weighted by atomic mass is 10.2. The van der Waals surface area contributed by atoms with E-state index in [2.05, 4.69) is 10.9 Å². The van der Waals surface area contributed by atoms with Crippen molar-refractivity contribution in [1.82, 2.24) is 10.9 Å². The smallest absolute Gasteiger partial charge is 0.347 e. The van der Waals surface area contributed by atoms with Crippen molar-refractivity contribution in [1.29, 1.82) is 0 Å². The van der Waals surface area contributed by atoms with E-state index in [4.69, 9.17) is 9.47 Å². The molecule has 0 aliphatic rings. The van der Waals surface area contributed by atoms with Gasteiger partial charge in [-0.2, -0.15) is 0 Å². The van der Waals surface area contributed by atoms with Crippen molar-refractivity contribution >= 4 is 17.8 Å². The molecule has 0 aliphatic heterocycles. The number of hydrogen-bond donors (Lipinski definition) is 2. The maximum atomic E-state index is 12.9. The number of benzene rings is 2. The Hall–Kier alpha value is -3.42. The Morgan fingerprint density at radius 1 is 0.889 bits per heavy atom. The summed E-state index contributed by atoms with van der Waals surface area (Å²) in [6.07, 6.45) is -2.17. The second kappa shape index (κ2) is 9.33. The summed E-state index contributed by atoms with van der Waals surface area (Å²) < 4.78 is 23.2. The summed E-state index contributed by atoms with van der Waals surface area (Å²) in [5.41, 5.74) is 4.78. The lowest BCUT2D eigenvalue weighted by Gasteiger charge is -2.18. The molecule has 2 amide bonds. The van der Waals surface area contributed by atoms with Crippen LogP contribution in [-0.4, -0.2) is 30.0 Å². The topological polar surface area (TPSA) is 93.7 Å². The maximum absolute atomic E-state index is 12.9. The van der Waals surface area contributed by atoms with Crippen LogP contribution in [0, 0.1) is 5.82 Å². The van der Waals surface area contributed by atoms with E-state index in [-0.39, 0.29) is 5.75 Å². The Morgan fingerprint density at radius 3 is 2.15 bits per heavy atom. The first kappa shape index (κ1) is 19.9. The van der Waals surface area contributed by atoms with Gasteiger partial charge in [0.05, 0.1) is 0 Å². The SMILES string of the molecule is C[C@H](Oc1ccc(F)cc1)C(=O)O[C@H](C)C(=O)NNC(=O)c1ccccc1. The van der Waals surface area contributed by atoms with Crippen molar-refractivity contribution in [2.45, 2.75) is 26.1 Å². The molecule has 0 spiro atoms. The van der Waals surface area contributed by atoms with Gasteiger partial charge in [-0.15, -0.1) is 0 Å². The molecule has 7 nitrogen and oxygen atoms in total. The van der Waals surface area contributed by atoms with E-state index >= 15 is 0 Å². The third-order valence-corrected chi connectivity index (χ3v) is 3.46. The van der Waals surface area contributed by atoms with Crippen molar-refractivity contribution in [3.05, 3.63) is 66.0 Å². The van der Waals surface area contributed by atoms with E-state index in [1.807, 2.05) is 0 Å². The minimum absolute atomic E-state index is 0.285. The molecule has 27 heavy (non-hydrogen) atoms. The number of carbonyl (C=O) groups excluding carboxylic acids is 3. The van der Waals surface area contributed by atoms with Crippen LogP contribution in [0.3, 0.4) is 0 Å². The number of halogens is 1. The molecule has 0 aliphatic carbocycles. The number of nitrogens with one attached hydrogen (secondary N) is 2. The van der Waals surface area contributed by atoms with Gasteiger partial charge < -0.3 is 9.47 Å². The molecule has 0 fully saturated rings. The van der Waals surface area contributed by atoms with Gasteiger partial charge >= 0.3 is 5.97 Å². The van der Waals surface area contributed by atoms with Gasteiger partial charge in [0.1, 0.15) is 11.6 Å². The normalized spacial score (nSPS) is 12.4. The van der Waals surface area contributed by atoms with Crippen molar-refractivity contribution in [2.24, 2.45) is 0 Å². The van der Waals surface area contributed by atoms with Gasteiger partial charge in [-0.25, -0.2) is 9.18 Å². The number of hydrogen-bond acceptors (Lipinski definition) is 5. The summed E-state index contributed by atoms with van der Waals surface area (Å²) in [4.78, 5) is 35.8. The first-order chi connectivity index (χ1) is 12.9. The van der Waals surface area contributed by atoms with Crippen LogP contribution in [0.25, 0.3) is 0 Å². The molecular weight excluding hydrogens is 355 g/mol. The van der Waals surface area contributed by atoms with Crippen molar-refractivity contribution in [2.75, 3.05) is 0 Å². The van der Waals surface area contributed by atoms with Gasteiger partial charge in [0, 0.05) is 5.56 Å². The van der Waals surface area contributed by atoms with Gasteiger partial charge in [0.2, 0.25) is 0 Å². The Kier molecular flexibility index (Phi) is 6.87. The molecule has 0 saturated heterocycles. The monoisotopic (exact) mass is 374 g/mol. The highest BCUT2D eigenvalue weighted by Crippen LogP contribution is 2.13. The summed E-state index contributed by atoms with van der Waals surface area (Å²) in [5.74, 6) is -2.14. The molecule has 2 atom stereocenters. The van der Waals surface area contributed by atoms with E-state index in [1.165, 1.54) is 38.1 Å². The molecule has 0 radical (unpaired) electrons. The first-order valence-corrected chi connectivity index (χ1v) is 8.15. The van der Waals surface area contributed by atoms with Crippen molar-refractivity contribution in [3.8, 4) is 5.75 Å². The third kappa shape index (κ3) is 6.10. The van der Waals surface area contributed by atoms with E-state index < -0.39 is 35.8 Å². The summed E-state index contributed by atoms with van der Waals surface area (Å²) >= 11 is 0. The van der Waals surface area contributed by atoms with Crippen LogP contribution in [0.2, 0.25) is 0 Å². The van der Waals surface area contributed by atoms with Crippen LogP contribution < -0.4 is 15.6 Å². The summed E-state index contributed by atoms with van der Waals surface area (Å²) in [7, 11) is 0. The molecule has 0 bridgehead atoms. The molecular formula is C19H19FN2O5. The van der Waals surface area contributed by atoms with Crippen molar-refractivity contribution in [3.63, 3.8) is 0 Å². The molecule has 0 unspecified atom stereocenters. The standard InChI is InChI=1S/C19H19FN2O5/c1-12(17(23)21-22-18(24)14-6-4-3-5-7-14)27-19(25)13(2)26-16-10-8-15(20)9-11-16/h3-13H,1-2H3,(H,21,23)(H,22,24)/t12-,13+/m1/s1. The molecule has 2 rings (SSSR count).